The predicted octanol–water partition coefficient (Wildman–Crippen LogP) is 3.69. The molecule has 1 saturated carbocycles. The molecule has 0 heterocycles. The average molecular weight is 229 g/mol. The second-order valence-electron chi connectivity index (χ2n) is 5.16. The third kappa shape index (κ3) is 5.82. The monoisotopic (exact) mass is 229 g/mol. The molecule has 0 aliphatic heterocycles. The first-order valence-electron chi connectivity index (χ1n) is 6.51. The first-order chi connectivity index (χ1) is 7.20. The minimum absolute atomic E-state index is 0.541. The molecule has 2 heteroatoms. The lowest BCUT2D eigenvalue weighted by atomic mass is 9.83. The Morgan fingerprint density at radius 3 is 2.53 bits per heavy atom. The normalized spacial score (nSPS) is 20.2. The van der Waals surface area contributed by atoms with Crippen LogP contribution in [0.5, 0.6) is 0 Å². The fourth-order valence-electron chi connectivity index (χ4n) is 2.05. The van der Waals surface area contributed by atoms with Gasteiger partial charge in [-0.05, 0) is 42.6 Å². The van der Waals surface area contributed by atoms with E-state index in [1.54, 1.807) is 0 Å². The van der Waals surface area contributed by atoms with Gasteiger partial charge in [0.25, 0.3) is 0 Å². The van der Waals surface area contributed by atoms with Gasteiger partial charge in [0, 0.05) is 12.6 Å². The van der Waals surface area contributed by atoms with Crippen LogP contribution in [0.4, 0.5) is 0 Å². The summed E-state index contributed by atoms with van der Waals surface area (Å²) < 4.78 is 0. The third-order valence-electron chi connectivity index (χ3n) is 3.30. The van der Waals surface area contributed by atoms with Crippen molar-refractivity contribution in [3.05, 3.63) is 0 Å². The molecule has 0 radical (unpaired) electrons. The van der Waals surface area contributed by atoms with Crippen molar-refractivity contribution >= 4 is 11.8 Å². The van der Waals surface area contributed by atoms with Gasteiger partial charge >= 0.3 is 0 Å². The van der Waals surface area contributed by atoms with E-state index in [0.717, 1.165) is 6.04 Å². The molecule has 0 aromatic carbocycles. The van der Waals surface area contributed by atoms with Gasteiger partial charge in [-0.2, -0.15) is 11.8 Å². The number of hydrogen-bond donors (Lipinski definition) is 1. The quantitative estimate of drug-likeness (QED) is 0.605. The molecule has 1 fully saturated rings. The first kappa shape index (κ1) is 13.4. The molecule has 0 bridgehead atoms. The molecule has 0 aromatic rings. The Labute approximate surface area is 99.8 Å². The summed E-state index contributed by atoms with van der Waals surface area (Å²) in [6, 6.07) is 0.861. The van der Waals surface area contributed by atoms with E-state index in [2.05, 4.69) is 37.8 Å². The maximum absolute atomic E-state index is 3.70. The molecular weight excluding hydrogens is 202 g/mol. The molecule has 1 aliphatic rings. The van der Waals surface area contributed by atoms with E-state index < -0.39 is 0 Å². The van der Waals surface area contributed by atoms with Gasteiger partial charge in [-0.1, -0.05) is 27.2 Å². The van der Waals surface area contributed by atoms with Crippen molar-refractivity contribution in [2.45, 2.75) is 58.9 Å². The van der Waals surface area contributed by atoms with E-state index in [9.17, 15) is 0 Å². The molecule has 1 N–H and O–H groups in total. The number of nitrogens with one attached hydrogen (secondary N) is 1. The Morgan fingerprint density at radius 2 is 2.00 bits per heavy atom. The van der Waals surface area contributed by atoms with Gasteiger partial charge in [0.05, 0.1) is 0 Å². The Hall–Kier alpha value is 0.310. The van der Waals surface area contributed by atoms with Crippen molar-refractivity contribution in [3.63, 3.8) is 0 Å². The smallest absolute Gasteiger partial charge is 0.00684 e. The van der Waals surface area contributed by atoms with Gasteiger partial charge < -0.3 is 5.32 Å². The molecular formula is C13H27NS. The largest absolute Gasteiger partial charge is 0.313 e. The van der Waals surface area contributed by atoms with Crippen molar-refractivity contribution in [1.29, 1.82) is 0 Å². The fraction of sp³-hybridized carbons (Fsp3) is 1.00. The minimum atomic E-state index is 0.541. The van der Waals surface area contributed by atoms with Gasteiger partial charge in [-0.15, -0.1) is 0 Å². The minimum Gasteiger partial charge on any atom is -0.313 e. The number of hydrogen-bond acceptors (Lipinski definition) is 2. The van der Waals surface area contributed by atoms with Crippen LogP contribution >= 0.6 is 11.8 Å². The summed E-state index contributed by atoms with van der Waals surface area (Å²) in [6.07, 6.45) is 6.88. The zero-order valence-corrected chi connectivity index (χ0v) is 11.5. The highest BCUT2D eigenvalue weighted by Gasteiger charge is 2.27. The van der Waals surface area contributed by atoms with Crippen molar-refractivity contribution < 1.29 is 0 Å². The van der Waals surface area contributed by atoms with Gasteiger partial charge in [0.15, 0.2) is 0 Å². The molecule has 1 nitrogen and oxygen atoms in total. The standard InChI is InChI=1S/C13H27NS/c1-4-8-13(3,9-10-15-5-2)11-14-12-6-7-12/h12,14H,4-11H2,1-3H3. The van der Waals surface area contributed by atoms with Gasteiger partial charge in [-0.25, -0.2) is 0 Å². The molecule has 0 saturated heterocycles. The summed E-state index contributed by atoms with van der Waals surface area (Å²) in [5.41, 5.74) is 0.541. The van der Waals surface area contributed by atoms with E-state index >= 15 is 0 Å². The summed E-state index contributed by atoms with van der Waals surface area (Å²) in [4.78, 5) is 0. The Bertz CT molecular complexity index is 168. The molecule has 1 atom stereocenters. The predicted molar refractivity (Wildman–Crippen MR) is 71.7 cm³/mol. The Morgan fingerprint density at radius 1 is 1.27 bits per heavy atom. The van der Waals surface area contributed by atoms with Crippen molar-refractivity contribution in [1.82, 2.24) is 5.32 Å². The van der Waals surface area contributed by atoms with E-state index in [-0.39, 0.29) is 0 Å². The average Bonchev–Trinajstić information content (AvgIpc) is 2.99. The Kier molecular flexibility index (Phi) is 6.06. The summed E-state index contributed by atoms with van der Waals surface area (Å²) in [6.45, 7) is 8.25. The zero-order chi connectivity index (χ0) is 11.1. The maximum atomic E-state index is 3.70. The van der Waals surface area contributed by atoms with Gasteiger partial charge in [0.1, 0.15) is 0 Å². The van der Waals surface area contributed by atoms with Gasteiger partial charge in [0.2, 0.25) is 0 Å². The molecule has 0 spiro atoms. The molecule has 0 aromatic heterocycles. The second-order valence-corrected chi connectivity index (χ2v) is 6.56. The maximum Gasteiger partial charge on any atom is 0.00684 e. The van der Waals surface area contributed by atoms with Crippen LogP contribution in [0.25, 0.3) is 0 Å². The third-order valence-corrected chi connectivity index (χ3v) is 4.20. The highest BCUT2D eigenvalue weighted by molar-refractivity contribution is 7.99. The van der Waals surface area contributed by atoms with Crippen LogP contribution in [0.3, 0.4) is 0 Å². The fourth-order valence-corrected chi connectivity index (χ4v) is 2.97. The van der Waals surface area contributed by atoms with Crippen LogP contribution in [0, 0.1) is 5.41 Å². The van der Waals surface area contributed by atoms with Crippen molar-refractivity contribution in [2.75, 3.05) is 18.1 Å². The Balaban J connectivity index is 2.22. The summed E-state index contributed by atoms with van der Waals surface area (Å²) in [5.74, 6) is 2.59. The lowest BCUT2D eigenvalue weighted by molar-refractivity contribution is 0.268. The highest BCUT2D eigenvalue weighted by Crippen LogP contribution is 2.30. The number of rotatable bonds is 9. The van der Waals surface area contributed by atoms with Gasteiger partial charge in [-0.3, -0.25) is 0 Å². The van der Waals surface area contributed by atoms with Crippen LogP contribution in [-0.2, 0) is 0 Å². The topological polar surface area (TPSA) is 12.0 Å². The molecule has 1 aliphatic carbocycles. The van der Waals surface area contributed by atoms with Crippen LogP contribution in [0.15, 0.2) is 0 Å². The van der Waals surface area contributed by atoms with E-state index in [0.29, 0.717) is 5.41 Å². The van der Waals surface area contributed by atoms with Crippen LogP contribution in [0.1, 0.15) is 52.9 Å². The van der Waals surface area contributed by atoms with E-state index in [1.807, 2.05) is 0 Å². The summed E-state index contributed by atoms with van der Waals surface area (Å²) >= 11 is 2.08. The van der Waals surface area contributed by atoms with E-state index in [4.69, 9.17) is 0 Å². The molecule has 0 amide bonds. The lowest BCUT2D eigenvalue weighted by Gasteiger charge is -2.29. The number of thioether (sulfide) groups is 1. The van der Waals surface area contributed by atoms with Crippen LogP contribution in [0.2, 0.25) is 0 Å². The van der Waals surface area contributed by atoms with Crippen molar-refractivity contribution in [2.24, 2.45) is 5.41 Å². The zero-order valence-electron chi connectivity index (χ0n) is 10.6. The first-order valence-corrected chi connectivity index (χ1v) is 7.67. The van der Waals surface area contributed by atoms with E-state index in [1.165, 1.54) is 50.2 Å². The SMILES string of the molecule is CCCC(C)(CCSCC)CNC1CC1. The molecule has 1 rings (SSSR count). The molecule has 15 heavy (non-hydrogen) atoms. The highest BCUT2D eigenvalue weighted by atomic mass is 32.2. The summed E-state index contributed by atoms with van der Waals surface area (Å²) in [5, 5.41) is 3.70. The van der Waals surface area contributed by atoms with Crippen LogP contribution < -0.4 is 5.32 Å². The lowest BCUT2D eigenvalue weighted by Crippen LogP contribution is -2.33. The molecule has 90 valence electrons. The van der Waals surface area contributed by atoms with Crippen LogP contribution in [-0.4, -0.2) is 24.1 Å². The molecule has 1 unspecified atom stereocenters. The van der Waals surface area contributed by atoms with Crippen molar-refractivity contribution in [3.8, 4) is 0 Å². The summed E-state index contributed by atoms with van der Waals surface area (Å²) in [7, 11) is 0. The second kappa shape index (κ2) is 6.80.